The molecule has 0 aromatic rings. The number of allylic oxidation sites excluding steroid dienone is 18. The Kier molecular flexibility index (Phi) is 66.7. The van der Waals surface area contributed by atoms with Gasteiger partial charge in [0.1, 0.15) is 13.2 Å². The van der Waals surface area contributed by atoms with Gasteiger partial charge in [0.2, 0.25) is 0 Å². The molecule has 0 saturated carbocycles. The first kappa shape index (κ1) is 85.0. The van der Waals surface area contributed by atoms with Gasteiger partial charge in [-0.2, -0.15) is 0 Å². The van der Waals surface area contributed by atoms with E-state index in [0.29, 0.717) is 23.9 Å². The summed E-state index contributed by atoms with van der Waals surface area (Å²) in [4.78, 5) is 37.7. The molecule has 0 bridgehead atoms. The molecule has 0 aliphatic carbocycles. The summed E-state index contributed by atoms with van der Waals surface area (Å²) >= 11 is 0. The fourth-order valence-corrected chi connectivity index (χ4v) is 10.4. The van der Waals surface area contributed by atoms with Gasteiger partial charge in [-0.3, -0.25) is 9.59 Å². The minimum Gasteiger partial charge on any atom is -0.477 e. The van der Waals surface area contributed by atoms with Crippen LogP contribution in [-0.2, 0) is 33.3 Å². The van der Waals surface area contributed by atoms with Gasteiger partial charge in [0.15, 0.2) is 6.10 Å². The quantitative estimate of drug-likeness (QED) is 0.0211. The Hall–Kier alpha value is -4.05. The lowest BCUT2D eigenvalue weighted by Gasteiger charge is -2.25. The third-order valence-corrected chi connectivity index (χ3v) is 16.0. The van der Waals surface area contributed by atoms with Crippen LogP contribution in [0.2, 0.25) is 0 Å². The molecule has 0 fully saturated rings. The average molecular weight is 1240 g/mol. The van der Waals surface area contributed by atoms with Crippen molar-refractivity contribution in [1.82, 2.24) is 0 Å². The highest BCUT2D eigenvalue weighted by Crippen LogP contribution is 2.18. The van der Waals surface area contributed by atoms with Gasteiger partial charge in [-0.1, -0.05) is 316 Å². The Balaban J connectivity index is 4.11. The molecule has 0 heterocycles. The predicted octanol–water partition coefficient (Wildman–Crippen LogP) is 23.4. The van der Waals surface area contributed by atoms with E-state index in [1.54, 1.807) is 0 Å². The SMILES string of the molecule is CC/C=C\C/C=C\C/C=C\C/C=C\C/C=C\C/C=C\C/C=C\C/C=C\CCCCCCC(=O)OC(COC(=O)CCCCCCCCCCCCCCCCCCCCCCCCC/C=C\CCCCCCCCCC)COC(OCC[N+](C)(C)C)C(=O)O. The van der Waals surface area contributed by atoms with Crippen LogP contribution < -0.4 is 0 Å². The van der Waals surface area contributed by atoms with Crippen molar-refractivity contribution in [2.45, 2.75) is 334 Å². The lowest BCUT2D eigenvalue weighted by Crippen LogP contribution is -2.40. The van der Waals surface area contributed by atoms with E-state index in [1.165, 1.54) is 193 Å². The number of ether oxygens (including phenoxy) is 4. The van der Waals surface area contributed by atoms with Gasteiger partial charge < -0.3 is 28.5 Å². The average Bonchev–Trinajstić information content (AvgIpc) is 3.71. The van der Waals surface area contributed by atoms with Crippen LogP contribution in [0.5, 0.6) is 0 Å². The summed E-state index contributed by atoms with van der Waals surface area (Å²) in [7, 11) is 5.97. The van der Waals surface area contributed by atoms with Gasteiger partial charge in [-0.25, -0.2) is 4.79 Å². The molecule has 0 rings (SSSR count). The Labute approximate surface area is 549 Å². The number of rotatable bonds is 68. The fourth-order valence-electron chi connectivity index (χ4n) is 10.4. The monoisotopic (exact) mass is 1240 g/mol. The third-order valence-electron chi connectivity index (χ3n) is 16.0. The van der Waals surface area contributed by atoms with E-state index in [2.05, 4.69) is 123 Å². The second-order valence-electron chi connectivity index (χ2n) is 25.9. The Morgan fingerprint density at radius 2 is 0.640 bits per heavy atom. The first-order chi connectivity index (χ1) is 43.6. The van der Waals surface area contributed by atoms with Crippen molar-refractivity contribution in [1.29, 1.82) is 0 Å². The lowest BCUT2D eigenvalue weighted by molar-refractivity contribution is -0.870. The van der Waals surface area contributed by atoms with E-state index >= 15 is 0 Å². The molecule has 0 aromatic heterocycles. The highest BCUT2D eigenvalue weighted by molar-refractivity contribution is 5.71. The zero-order chi connectivity index (χ0) is 64.7. The number of hydrogen-bond acceptors (Lipinski definition) is 7. The first-order valence-corrected chi connectivity index (χ1v) is 37.1. The normalized spacial score (nSPS) is 13.3. The number of carboxylic acid groups (broad SMARTS) is 1. The molecule has 9 nitrogen and oxygen atoms in total. The van der Waals surface area contributed by atoms with E-state index < -0.39 is 24.3 Å². The van der Waals surface area contributed by atoms with E-state index in [1.807, 2.05) is 21.1 Å². The second kappa shape index (κ2) is 69.8. The number of carboxylic acids is 1. The molecule has 0 radical (unpaired) electrons. The van der Waals surface area contributed by atoms with Crippen molar-refractivity contribution in [3.05, 3.63) is 109 Å². The highest BCUT2D eigenvalue weighted by Gasteiger charge is 2.25. The maximum Gasteiger partial charge on any atom is 0.361 e. The van der Waals surface area contributed by atoms with Crippen LogP contribution in [-0.4, -0.2) is 87.4 Å². The Morgan fingerprint density at radius 3 is 0.966 bits per heavy atom. The van der Waals surface area contributed by atoms with Gasteiger partial charge in [0, 0.05) is 12.8 Å². The van der Waals surface area contributed by atoms with Crippen LogP contribution in [0.4, 0.5) is 0 Å². The fraction of sp³-hybridized carbons (Fsp3) is 0.738. The van der Waals surface area contributed by atoms with Gasteiger partial charge in [0.05, 0.1) is 34.4 Å². The van der Waals surface area contributed by atoms with Gasteiger partial charge in [-0.05, 0) is 103 Å². The van der Waals surface area contributed by atoms with Crippen LogP contribution in [0.25, 0.3) is 0 Å². The number of likely N-dealkylation sites (N-methyl/N-ethyl adjacent to an activating group) is 1. The summed E-state index contributed by atoms with van der Waals surface area (Å²) in [6, 6.07) is 0. The summed E-state index contributed by atoms with van der Waals surface area (Å²) < 4.78 is 23.0. The van der Waals surface area contributed by atoms with Gasteiger partial charge in [0.25, 0.3) is 6.29 Å². The molecular weight excluding hydrogens is 1100 g/mol. The molecule has 0 spiro atoms. The summed E-state index contributed by atoms with van der Waals surface area (Å²) in [5.74, 6) is -2.04. The van der Waals surface area contributed by atoms with Crippen LogP contribution in [0.1, 0.15) is 322 Å². The van der Waals surface area contributed by atoms with Crippen LogP contribution in [0.3, 0.4) is 0 Å². The molecule has 0 saturated heterocycles. The molecule has 0 aliphatic heterocycles. The van der Waals surface area contributed by atoms with Crippen molar-refractivity contribution in [2.75, 3.05) is 47.5 Å². The molecule has 0 amide bonds. The third kappa shape index (κ3) is 71.3. The van der Waals surface area contributed by atoms with E-state index in [0.717, 1.165) is 96.3 Å². The number of carbonyl (C=O) groups is 3. The van der Waals surface area contributed by atoms with E-state index in [-0.39, 0.29) is 32.2 Å². The van der Waals surface area contributed by atoms with Gasteiger partial charge in [-0.15, -0.1) is 0 Å². The zero-order valence-electron chi connectivity index (χ0n) is 58.6. The second-order valence-corrected chi connectivity index (χ2v) is 25.9. The first-order valence-electron chi connectivity index (χ1n) is 37.1. The Morgan fingerprint density at radius 1 is 0.348 bits per heavy atom. The number of nitrogens with zero attached hydrogens (tertiary/aromatic N) is 1. The molecule has 2 atom stereocenters. The number of quaternary nitrogens is 1. The molecular formula is C80H140NO8+. The summed E-state index contributed by atoms with van der Waals surface area (Å²) in [5, 5.41) is 9.75. The topological polar surface area (TPSA) is 108 Å². The van der Waals surface area contributed by atoms with Crippen molar-refractivity contribution in [2.24, 2.45) is 0 Å². The molecule has 9 heteroatoms. The van der Waals surface area contributed by atoms with Crippen molar-refractivity contribution in [3.8, 4) is 0 Å². The van der Waals surface area contributed by atoms with Gasteiger partial charge >= 0.3 is 17.9 Å². The molecule has 0 aliphatic rings. The molecule has 2 unspecified atom stereocenters. The van der Waals surface area contributed by atoms with Crippen LogP contribution in [0, 0.1) is 0 Å². The summed E-state index contributed by atoms with van der Waals surface area (Å²) in [6.07, 6.45) is 95.1. The van der Waals surface area contributed by atoms with Crippen molar-refractivity contribution in [3.63, 3.8) is 0 Å². The standard InChI is InChI=1S/C80H139NO8/c1-6-8-10-12-14-16-18-20-22-24-26-28-30-32-34-36-37-38-39-40-41-43-44-46-48-50-52-54-56-58-60-62-64-66-68-70-77(82)87-74-76(75-88-80(79(84)85)86-73-72-81(3,4)5)89-78(83)71-69-67-65-63-61-59-57-55-53-51-49-47-45-42-35-33-31-29-27-25-23-21-19-17-15-13-11-9-7-2/h9,11,15,17,21,23-24,26-27,29,33,35,45,47,51,53,57,59,76,80H,6-8,10,12-14,16,18-20,22,25,28,30-32,34,36-44,46,48-50,52,54-56,58,60-75H2,1-5H3/p+1/b11-9-,17-15-,23-21-,26-24-,29-27-,35-33-,47-45-,53-51-,59-57-. The maximum atomic E-state index is 12.9. The number of esters is 2. The Bertz CT molecular complexity index is 1830. The van der Waals surface area contributed by atoms with Crippen molar-refractivity contribution >= 4 is 17.9 Å². The highest BCUT2D eigenvalue weighted by atomic mass is 16.7. The van der Waals surface area contributed by atoms with Crippen LogP contribution in [0.15, 0.2) is 109 Å². The molecule has 89 heavy (non-hydrogen) atoms. The lowest BCUT2D eigenvalue weighted by atomic mass is 10.0. The maximum absolute atomic E-state index is 12.9. The number of carbonyl (C=O) groups excluding carboxylic acids is 2. The largest absolute Gasteiger partial charge is 0.477 e. The number of hydrogen-bond donors (Lipinski definition) is 1. The van der Waals surface area contributed by atoms with Crippen LogP contribution >= 0.6 is 0 Å². The molecule has 1 N–H and O–H groups in total. The smallest absolute Gasteiger partial charge is 0.361 e. The number of aliphatic carboxylic acids is 1. The molecule has 0 aromatic carbocycles. The van der Waals surface area contributed by atoms with E-state index in [9.17, 15) is 19.5 Å². The molecule has 512 valence electrons. The predicted molar refractivity (Wildman–Crippen MR) is 382 cm³/mol. The van der Waals surface area contributed by atoms with E-state index in [4.69, 9.17) is 18.9 Å². The number of unbranched alkanes of at least 4 members (excludes halogenated alkanes) is 35. The summed E-state index contributed by atoms with van der Waals surface area (Å²) in [5.41, 5.74) is 0. The minimum atomic E-state index is -1.52. The summed E-state index contributed by atoms with van der Waals surface area (Å²) in [6.45, 7) is 4.76. The zero-order valence-corrected chi connectivity index (χ0v) is 58.6. The van der Waals surface area contributed by atoms with Crippen molar-refractivity contribution < 1.29 is 42.9 Å². The minimum absolute atomic E-state index is 0.178.